The van der Waals surface area contributed by atoms with Crippen LogP contribution in [0, 0.1) is 0 Å². The van der Waals surface area contributed by atoms with Crippen molar-refractivity contribution in [2.24, 2.45) is 0 Å². The Morgan fingerprint density at radius 1 is 1.25 bits per heavy atom. The van der Waals surface area contributed by atoms with Crippen LogP contribution in [0.25, 0.3) is 0 Å². The molecule has 2 amide bonds. The summed E-state index contributed by atoms with van der Waals surface area (Å²) in [5.41, 5.74) is 0. The number of carbonyl (C=O) groups excluding carboxylic acids is 2. The van der Waals surface area contributed by atoms with Crippen molar-refractivity contribution in [3.63, 3.8) is 0 Å². The Bertz CT molecular complexity index is 591. The van der Waals surface area contributed by atoms with Crippen LogP contribution >= 0.6 is 0 Å². The topological polar surface area (TPSA) is 82.7 Å². The minimum absolute atomic E-state index is 0.0236. The van der Waals surface area contributed by atoms with Crippen LogP contribution in [0.4, 0.5) is 13.2 Å². The van der Waals surface area contributed by atoms with Gasteiger partial charge in [-0.3, -0.25) is 9.59 Å². The van der Waals surface area contributed by atoms with Gasteiger partial charge in [0.25, 0.3) is 0 Å². The molecule has 4 unspecified atom stereocenters. The molecule has 0 aliphatic carbocycles. The summed E-state index contributed by atoms with van der Waals surface area (Å²) in [6.45, 7) is 4.23. The van der Waals surface area contributed by atoms with Gasteiger partial charge in [-0.05, 0) is 26.2 Å². The number of alkyl halides is 3. The molecule has 2 rings (SSSR count). The van der Waals surface area contributed by atoms with Crippen LogP contribution in [-0.4, -0.2) is 79.9 Å². The number of unbranched alkanes of at least 4 members (excludes halogenated alkanes) is 4. The highest BCUT2D eigenvalue weighted by atomic mass is 19.4. The molecule has 2 saturated heterocycles. The third-order valence-corrected chi connectivity index (χ3v) is 6.23. The van der Waals surface area contributed by atoms with E-state index in [1.807, 2.05) is 6.92 Å². The van der Waals surface area contributed by atoms with Gasteiger partial charge in [0.05, 0.1) is 19.2 Å². The summed E-state index contributed by atoms with van der Waals surface area (Å²) in [5, 5.41) is 9.38. The van der Waals surface area contributed by atoms with E-state index < -0.39 is 18.9 Å². The molecule has 0 bridgehead atoms. The minimum atomic E-state index is -4.34. The maximum Gasteiger partial charge on any atom is 0.411 e. The first-order valence-electron chi connectivity index (χ1n) is 11.9. The number of amides is 2. The summed E-state index contributed by atoms with van der Waals surface area (Å²) in [7, 11) is 0. The third kappa shape index (κ3) is 9.62. The summed E-state index contributed by atoms with van der Waals surface area (Å²) >= 11 is 0. The van der Waals surface area contributed by atoms with Crippen molar-refractivity contribution in [1.82, 2.24) is 20.9 Å². The van der Waals surface area contributed by atoms with Gasteiger partial charge in [0.1, 0.15) is 6.61 Å². The molecule has 186 valence electrons. The second-order valence-electron chi connectivity index (χ2n) is 8.97. The van der Waals surface area contributed by atoms with Crippen molar-refractivity contribution in [1.29, 1.82) is 0 Å². The molecule has 2 aliphatic heterocycles. The molecule has 0 aromatic carbocycles. The number of nitrogens with one attached hydrogen (secondary N) is 3. The lowest BCUT2D eigenvalue weighted by molar-refractivity contribution is -0.191. The van der Waals surface area contributed by atoms with E-state index in [4.69, 9.17) is 4.74 Å². The predicted octanol–water partition coefficient (Wildman–Crippen LogP) is 2.35. The number of rotatable bonds is 12. The summed E-state index contributed by atoms with van der Waals surface area (Å²) in [6, 6.07) is -0.428. The van der Waals surface area contributed by atoms with Crippen LogP contribution in [0.3, 0.4) is 0 Å². The second kappa shape index (κ2) is 13.3. The lowest BCUT2D eigenvalue weighted by Gasteiger charge is -2.40. The number of carbonyl (C=O) groups is 2. The average molecular weight is 465 g/mol. The zero-order valence-corrected chi connectivity index (χ0v) is 19.3. The lowest BCUT2D eigenvalue weighted by atomic mass is 9.89. The van der Waals surface area contributed by atoms with Gasteiger partial charge in [-0.15, -0.1) is 0 Å². The first kappa shape index (κ1) is 26.9. The van der Waals surface area contributed by atoms with Crippen LogP contribution in [0.1, 0.15) is 65.2 Å². The van der Waals surface area contributed by atoms with Gasteiger partial charge in [-0.25, -0.2) is 0 Å². The highest BCUT2D eigenvalue weighted by molar-refractivity contribution is 5.86. The Balaban J connectivity index is 1.86. The van der Waals surface area contributed by atoms with Crippen molar-refractivity contribution in [3.8, 4) is 0 Å². The quantitative estimate of drug-likeness (QED) is 0.386. The SMILES string of the molecule is CCCCCCCC1NC(C(C)NC(=O)CN2CCNCC2=O)CCC1OCC(F)(F)F. The molecule has 10 heteroatoms. The Labute approximate surface area is 189 Å². The highest BCUT2D eigenvalue weighted by Crippen LogP contribution is 2.25. The first-order valence-corrected chi connectivity index (χ1v) is 11.9. The van der Waals surface area contributed by atoms with E-state index in [9.17, 15) is 22.8 Å². The number of hydrogen-bond acceptors (Lipinski definition) is 5. The molecule has 4 atom stereocenters. The zero-order valence-electron chi connectivity index (χ0n) is 19.3. The van der Waals surface area contributed by atoms with Crippen molar-refractivity contribution in [2.75, 3.05) is 32.8 Å². The van der Waals surface area contributed by atoms with Gasteiger partial charge in [0.2, 0.25) is 11.8 Å². The van der Waals surface area contributed by atoms with Crippen molar-refractivity contribution in [2.45, 2.75) is 95.6 Å². The third-order valence-electron chi connectivity index (χ3n) is 6.23. The van der Waals surface area contributed by atoms with Crippen molar-refractivity contribution < 1.29 is 27.5 Å². The minimum Gasteiger partial charge on any atom is -0.367 e. The van der Waals surface area contributed by atoms with Gasteiger partial charge in [0, 0.05) is 31.2 Å². The van der Waals surface area contributed by atoms with Gasteiger partial charge < -0.3 is 25.6 Å². The predicted molar refractivity (Wildman–Crippen MR) is 116 cm³/mol. The Kier molecular flexibility index (Phi) is 11.2. The summed E-state index contributed by atoms with van der Waals surface area (Å²) in [6.07, 6.45) is 2.45. The molecule has 0 saturated carbocycles. The zero-order chi connectivity index (χ0) is 23.6. The van der Waals surface area contributed by atoms with E-state index in [0.717, 1.165) is 38.5 Å². The van der Waals surface area contributed by atoms with E-state index in [1.165, 1.54) is 4.90 Å². The fourth-order valence-corrected chi connectivity index (χ4v) is 4.43. The molecule has 2 aliphatic rings. The van der Waals surface area contributed by atoms with Crippen LogP contribution in [0.5, 0.6) is 0 Å². The summed E-state index contributed by atoms with van der Waals surface area (Å²) < 4.78 is 43.3. The smallest absolute Gasteiger partial charge is 0.367 e. The summed E-state index contributed by atoms with van der Waals surface area (Å²) in [5.74, 6) is -0.316. The summed E-state index contributed by atoms with van der Waals surface area (Å²) in [4.78, 5) is 25.8. The fourth-order valence-electron chi connectivity index (χ4n) is 4.43. The van der Waals surface area contributed by atoms with E-state index in [-0.39, 0.29) is 43.0 Å². The molecule has 2 heterocycles. The molecular formula is C22H39F3N4O3. The van der Waals surface area contributed by atoms with Crippen LogP contribution in [0.2, 0.25) is 0 Å². The van der Waals surface area contributed by atoms with Gasteiger partial charge in [-0.2, -0.15) is 13.2 Å². The molecule has 32 heavy (non-hydrogen) atoms. The molecule has 2 fully saturated rings. The maximum absolute atomic E-state index is 12.7. The highest BCUT2D eigenvalue weighted by Gasteiger charge is 2.36. The van der Waals surface area contributed by atoms with Crippen LogP contribution in [-0.2, 0) is 14.3 Å². The number of ether oxygens (including phenoxy) is 1. The maximum atomic E-state index is 12.7. The van der Waals surface area contributed by atoms with Crippen LogP contribution < -0.4 is 16.0 Å². The van der Waals surface area contributed by atoms with E-state index in [0.29, 0.717) is 25.9 Å². The van der Waals surface area contributed by atoms with E-state index in [1.54, 1.807) is 0 Å². The second-order valence-corrected chi connectivity index (χ2v) is 8.97. The molecule has 0 spiro atoms. The largest absolute Gasteiger partial charge is 0.411 e. The molecule has 0 radical (unpaired) electrons. The Hall–Kier alpha value is -1.39. The van der Waals surface area contributed by atoms with Gasteiger partial charge >= 0.3 is 6.18 Å². The number of nitrogens with zero attached hydrogens (tertiary/aromatic N) is 1. The molecule has 3 N–H and O–H groups in total. The van der Waals surface area contributed by atoms with Gasteiger partial charge in [-0.1, -0.05) is 39.0 Å². The Morgan fingerprint density at radius 2 is 2.00 bits per heavy atom. The number of piperidine rings is 1. The number of piperazine rings is 1. The number of hydrogen-bond donors (Lipinski definition) is 3. The molecule has 0 aromatic heterocycles. The first-order chi connectivity index (χ1) is 15.2. The lowest BCUT2D eigenvalue weighted by Crippen LogP contribution is -2.59. The van der Waals surface area contributed by atoms with Crippen LogP contribution in [0.15, 0.2) is 0 Å². The standard InChI is InChI=1S/C22H39F3N4O3/c1-3-4-5-6-7-8-18-19(32-15-22(23,24)25)10-9-17(28-18)16(2)27-20(30)14-29-12-11-26-13-21(29)31/h16-19,26,28H,3-15H2,1-2H3,(H,27,30). The van der Waals surface area contributed by atoms with E-state index in [2.05, 4.69) is 22.9 Å². The van der Waals surface area contributed by atoms with Gasteiger partial charge in [0.15, 0.2) is 0 Å². The Morgan fingerprint density at radius 3 is 2.69 bits per heavy atom. The molecular weight excluding hydrogens is 425 g/mol. The number of halogens is 3. The fraction of sp³-hybridized carbons (Fsp3) is 0.909. The normalized spacial score (nSPS) is 25.6. The van der Waals surface area contributed by atoms with Crippen molar-refractivity contribution >= 4 is 11.8 Å². The molecule has 0 aromatic rings. The monoisotopic (exact) mass is 464 g/mol. The van der Waals surface area contributed by atoms with Crippen molar-refractivity contribution in [3.05, 3.63) is 0 Å². The molecule has 7 nitrogen and oxygen atoms in total. The van der Waals surface area contributed by atoms with E-state index >= 15 is 0 Å². The average Bonchev–Trinajstić information content (AvgIpc) is 2.73.